The van der Waals surface area contributed by atoms with Gasteiger partial charge in [-0.05, 0) is 38.0 Å². The maximum Gasteiger partial charge on any atom is 0.407 e. The number of nitrogens with one attached hydrogen (secondary N) is 1. The Balaban J connectivity index is 1.86. The van der Waals surface area contributed by atoms with Gasteiger partial charge in [-0.2, -0.15) is 0 Å². The summed E-state index contributed by atoms with van der Waals surface area (Å²) in [6.07, 6.45) is 4.67. The molecule has 0 bridgehead atoms. The van der Waals surface area contributed by atoms with Crippen LogP contribution in [0.1, 0.15) is 46.5 Å². The average Bonchev–Trinajstić information content (AvgIpc) is 2.34. The lowest BCUT2D eigenvalue weighted by Gasteiger charge is -2.47. The molecule has 1 heterocycles. The van der Waals surface area contributed by atoms with Gasteiger partial charge in [0.15, 0.2) is 0 Å². The van der Waals surface area contributed by atoms with Crippen molar-refractivity contribution in [2.24, 2.45) is 11.8 Å². The number of piperidine rings is 1. The van der Waals surface area contributed by atoms with Gasteiger partial charge in [0.25, 0.3) is 0 Å². The summed E-state index contributed by atoms with van der Waals surface area (Å²) in [5.74, 6) is 1.58. The molecular formula is C15H28N2O2. The van der Waals surface area contributed by atoms with Crippen LogP contribution in [0, 0.1) is 11.8 Å². The molecule has 4 heteroatoms. The van der Waals surface area contributed by atoms with Crippen LogP contribution >= 0.6 is 0 Å². The van der Waals surface area contributed by atoms with Gasteiger partial charge in [-0.25, -0.2) is 4.79 Å². The first-order valence-electron chi connectivity index (χ1n) is 7.79. The summed E-state index contributed by atoms with van der Waals surface area (Å²) in [6, 6.07) is 1.00. The highest BCUT2D eigenvalue weighted by Gasteiger charge is 2.36. The number of carbonyl (C=O) groups is 1. The predicted molar refractivity (Wildman–Crippen MR) is 76.1 cm³/mol. The van der Waals surface area contributed by atoms with Crippen LogP contribution in [0.15, 0.2) is 0 Å². The van der Waals surface area contributed by atoms with Crippen molar-refractivity contribution in [2.75, 3.05) is 19.7 Å². The third-order valence-electron chi connectivity index (χ3n) is 4.61. The van der Waals surface area contributed by atoms with E-state index in [0.29, 0.717) is 12.5 Å². The summed E-state index contributed by atoms with van der Waals surface area (Å²) in [5, 5.41) is 3.03. The first-order valence-corrected chi connectivity index (χ1v) is 7.79. The molecule has 1 saturated carbocycles. The van der Waals surface area contributed by atoms with Crippen molar-refractivity contribution in [2.45, 2.75) is 58.5 Å². The van der Waals surface area contributed by atoms with Crippen molar-refractivity contribution in [3.8, 4) is 0 Å². The predicted octanol–water partition coefficient (Wildman–Crippen LogP) is 2.63. The van der Waals surface area contributed by atoms with Gasteiger partial charge in [0, 0.05) is 25.2 Å². The van der Waals surface area contributed by atoms with Crippen LogP contribution in [-0.4, -0.2) is 42.8 Å². The number of ether oxygens (including phenoxy) is 1. The van der Waals surface area contributed by atoms with Crippen LogP contribution in [-0.2, 0) is 4.74 Å². The molecule has 2 aliphatic rings. The normalized spacial score (nSPS) is 35.5. The van der Waals surface area contributed by atoms with Crippen LogP contribution in [0.4, 0.5) is 4.79 Å². The first-order chi connectivity index (χ1) is 9.12. The van der Waals surface area contributed by atoms with Gasteiger partial charge in [0.1, 0.15) is 0 Å². The quantitative estimate of drug-likeness (QED) is 0.852. The van der Waals surface area contributed by atoms with Crippen molar-refractivity contribution < 1.29 is 9.53 Å². The minimum absolute atomic E-state index is 0.258. The van der Waals surface area contributed by atoms with E-state index in [1.165, 1.54) is 25.8 Å². The number of hydrogen-bond acceptors (Lipinski definition) is 3. The number of hydrogen-bond donors (Lipinski definition) is 1. The Morgan fingerprint density at radius 3 is 2.58 bits per heavy atom. The van der Waals surface area contributed by atoms with Crippen LogP contribution in [0.5, 0.6) is 0 Å². The Labute approximate surface area is 116 Å². The van der Waals surface area contributed by atoms with Crippen molar-refractivity contribution in [1.82, 2.24) is 10.2 Å². The highest BCUT2D eigenvalue weighted by atomic mass is 16.5. The first kappa shape index (κ1) is 14.6. The van der Waals surface area contributed by atoms with Gasteiger partial charge in [0.2, 0.25) is 0 Å². The van der Waals surface area contributed by atoms with Gasteiger partial charge in [-0.1, -0.05) is 20.3 Å². The fourth-order valence-corrected chi connectivity index (χ4v) is 3.44. The highest BCUT2D eigenvalue weighted by molar-refractivity contribution is 5.67. The number of nitrogens with zero attached hydrogens (tertiary/aromatic N) is 1. The molecular weight excluding hydrogens is 240 g/mol. The molecule has 2 fully saturated rings. The molecule has 110 valence electrons. The third-order valence-corrected chi connectivity index (χ3v) is 4.61. The average molecular weight is 268 g/mol. The number of likely N-dealkylation sites (tertiary alicyclic amines) is 1. The van der Waals surface area contributed by atoms with E-state index in [1.807, 2.05) is 6.92 Å². The smallest absolute Gasteiger partial charge is 0.407 e. The Morgan fingerprint density at radius 1 is 1.26 bits per heavy atom. The fourth-order valence-electron chi connectivity index (χ4n) is 3.44. The van der Waals surface area contributed by atoms with Gasteiger partial charge >= 0.3 is 6.09 Å². The lowest BCUT2D eigenvalue weighted by atomic mass is 9.79. The number of amides is 1. The van der Waals surface area contributed by atoms with Crippen molar-refractivity contribution >= 4 is 6.09 Å². The van der Waals surface area contributed by atoms with Crippen LogP contribution < -0.4 is 5.32 Å². The van der Waals surface area contributed by atoms with E-state index in [4.69, 9.17) is 4.74 Å². The van der Waals surface area contributed by atoms with Gasteiger partial charge in [-0.3, -0.25) is 4.90 Å². The molecule has 2 atom stereocenters. The third kappa shape index (κ3) is 3.85. The molecule has 0 radical (unpaired) electrons. The van der Waals surface area contributed by atoms with Crippen molar-refractivity contribution in [3.63, 3.8) is 0 Å². The van der Waals surface area contributed by atoms with E-state index >= 15 is 0 Å². The molecule has 2 rings (SSSR count). The summed E-state index contributed by atoms with van der Waals surface area (Å²) < 4.78 is 5.00. The molecule has 0 spiro atoms. The molecule has 2 unspecified atom stereocenters. The monoisotopic (exact) mass is 268 g/mol. The summed E-state index contributed by atoms with van der Waals surface area (Å²) >= 11 is 0. The molecule has 0 aromatic heterocycles. The molecule has 4 nitrogen and oxygen atoms in total. The van der Waals surface area contributed by atoms with Gasteiger partial charge in [0.05, 0.1) is 6.61 Å². The van der Waals surface area contributed by atoms with E-state index in [9.17, 15) is 4.79 Å². The van der Waals surface area contributed by atoms with Crippen LogP contribution in [0.25, 0.3) is 0 Å². The standard InChI is InChI=1S/C15H28N2O2/c1-4-12-8-13(16-15(18)19-5-2)10-17(9-12)14-6-11(3)7-14/h11-14H,4-10H2,1-3H3,(H,16,18). The van der Waals surface area contributed by atoms with Crippen LogP contribution in [0.3, 0.4) is 0 Å². The number of alkyl carbamates (subject to hydrolysis) is 1. The summed E-state index contributed by atoms with van der Waals surface area (Å²) in [7, 11) is 0. The van der Waals surface area contributed by atoms with E-state index in [0.717, 1.165) is 24.9 Å². The van der Waals surface area contributed by atoms with E-state index in [-0.39, 0.29) is 12.1 Å². The van der Waals surface area contributed by atoms with Gasteiger partial charge in [-0.15, -0.1) is 0 Å². The molecule has 1 aliphatic heterocycles. The largest absolute Gasteiger partial charge is 0.450 e. The summed E-state index contributed by atoms with van der Waals surface area (Å²) in [4.78, 5) is 14.2. The Hall–Kier alpha value is -0.770. The maximum absolute atomic E-state index is 11.6. The lowest BCUT2D eigenvalue weighted by Crippen LogP contribution is -2.56. The molecule has 0 aromatic rings. The Bertz CT molecular complexity index is 303. The number of rotatable bonds is 4. The summed E-state index contributed by atoms with van der Waals surface area (Å²) in [5.41, 5.74) is 0. The van der Waals surface area contributed by atoms with Crippen LogP contribution in [0.2, 0.25) is 0 Å². The lowest BCUT2D eigenvalue weighted by molar-refractivity contribution is 0.0320. The maximum atomic E-state index is 11.6. The zero-order chi connectivity index (χ0) is 13.8. The molecule has 19 heavy (non-hydrogen) atoms. The molecule has 1 aliphatic carbocycles. The fraction of sp³-hybridized carbons (Fsp3) is 0.933. The Morgan fingerprint density at radius 2 is 2.00 bits per heavy atom. The zero-order valence-electron chi connectivity index (χ0n) is 12.5. The Kier molecular flexibility index (Phi) is 5.08. The second-order valence-corrected chi connectivity index (χ2v) is 6.26. The van der Waals surface area contributed by atoms with E-state index < -0.39 is 0 Å². The second-order valence-electron chi connectivity index (χ2n) is 6.26. The number of carbonyl (C=O) groups excluding carboxylic acids is 1. The van der Waals surface area contributed by atoms with Crippen molar-refractivity contribution in [3.05, 3.63) is 0 Å². The topological polar surface area (TPSA) is 41.6 Å². The second kappa shape index (κ2) is 6.60. The molecule has 0 aromatic carbocycles. The highest BCUT2D eigenvalue weighted by Crippen LogP contribution is 2.34. The minimum Gasteiger partial charge on any atom is -0.450 e. The van der Waals surface area contributed by atoms with E-state index in [1.54, 1.807) is 0 Å². The van der Waals surface area contributed by atoms with Crippen molar-refractivity contribution in [1.29, 1.82) is 0 Å². The van der Waals surface area contributed by atoms with Gasteiger partial charge < -0.3 is 10.1 Å². The van der Waals surface area contributed by atoms with E-state index in [2.05, 4.69) is 24.1 Å². The molecule has 1 N–H and O–H groups in total. The molecule has 1 saturated heterocycles. The zero-order valence-corrected chi connectivity index (χ0v) is 12.5. The summed E-state index contributed by atoms with van der Waals surface area (Å²) in [6.45, 7) is 9.06. The SMILES string of the molecule is CCOC(=O)NC1CC(CC)CN(C2CC(C)C2)C1. The minimum atomic E-state index is -0.258. The molecule has 1 amide bonds.